The van der Waals surface area contributed by atoms with Gasteiger partial charge in [-0.2, -0.15) is 5.26 Å². The number of rotatable bonds is 5. The fourth-order valence-corrected chi connectivity index (χ4v) is 3.33. The van der Waals surface area contributed by atoms with Crippen LogP contribution in [0.2, 0.25) is 0 Å². The summed E-state index contributed by atoms with van der Waals surface area (Å²) in [7, 11) is 0. The van der Waals surface area contributed by atoms with E-state index in [9.17, 15) is 20.5 Å². The third kappa shape index (κ3) is 4.08. The van der Waals surface area contributed by atoms with Crippen molar-refractivity contribution in [2.75, 3.05) is 31.2 Å². The highest BCUT2D eigenvalue weighted by molar-refractivity contribution is 5.88. The smallest absolute Gasteiger partial charge is 0.310 e. The van der Waals surface area contributed by atoms with Gasteiger partial charge in [-0.3, -0.25) is 14.7 Å². The van der Waals surface area contributed by atoms with Crippen LogP contribution in [0.5, 0.6) is 5.75 Å². The summed E-state index contributed by atoms with van der Waals surface area (Å²) in [5.74, 6) is 0.444. The Bertz CT molecular complexity index is 1180. The van der Waals surface area contributed by atoms with Gasteiger partial charge in [-0.25, -0.2) is 0 Å². The van der Waals surface area contributed by atoms with E-state index in [1.54, 1.807) is 4.57 Å². The molecule has 1 N–H and O–H groups in total. The number of benzene rings is 2. The number of aromatic nitrogens is 3. The van der Waals surface area contributed by atoms with E-state index in [1.165, 1.54) is 24.3 Å². The molecule has 0 saturated carbocycles. The van der Waals surface area contributed by atoms with Crippen molar-refractivity contribution in [1.82, 2.24) is 14.8 Å². The summed E-state index contributed by atoms with van der Waals surface area (Å²) in [6.45, 7) is 2.43. The number of aromatic hydroxyl groups is 1. The van der Waals surface area contributed by atoms with Gasteiger partial charge in [0.25, 0.3) is 0 Å². The zero-order valence-corrected chi connectivity index (χ0v) is 16.4. The maximum absolute atomic E-state index is 10.9. The lowest BCUT2D eigenvalue weighted by molar-refractivity contribution is -0.385. The summed E-state index contributed by atoms with van der Waals surface area (Å²) in [6.07, 6.45) is 1.51. The van der Waals surface area contributed by atoms with Gasteiger partial charge in [0.1, 0.15) is 6.07 Å². The second-order valence-electron chi connectivity index (χ2n) is 6.77. The number of nitriles is 1. The average molecular weight is 418 g/mol. The van der Waals surface area contributed by atoms with Crippen LogP contribution in [0, 0.1) is 21.4 Å². The highest BCUT2D eigenvalue weighted by atomic mass is 16.6. The van der Waals surface area contributed by atoms with Gasteiger partial charge in [-0.15, -0.1) is 10.2 Å². The van der Waals surface area contributed by atoms with Gasteiger partial charge < -0.3 is 14.7 Å². The topological polar surface area (TPSA) is 130 Å². The minimum atomic E-state index is -0.672. The fraction of sp³-hybridized carbons (Fsp3) is 0.190. The molecule has 1 aromatic heterocycles. The summed E-state index contributed by atoms with van der Waals surface area (Å²) in [4.78, 5) is 12.3. The number of ether oxygens (including phenoxy) is 1. The molecule has 2 aromatic carbocycles. The molecule has 1 saturated heterocycles. The van der Waals surface area contributed by atoms with Gasteiger partial charge in [-0.1, -0.05) is 18.2 Å². The van der Waals surface area contributed by atoms with E-state index in [0.717, 1.165) is 5.69 Å². The molecular weight excluding hydrogens is 400 g/mol. The first-order valence-electron chi connectivity index (χ1n) is 9.51. The van der Waals surface area contributed by atoms with Crippen molar-refractivity contribution in [3.63, 3.8) is 0 Å². The van der Waals surface area contributed by atoms with Crippen LogP contribution in [0.3, 0.4) is 0 Å². The zero-order chi connectivity index (χ0) is 21.8. The Kier molecular flexibility index (Phi) is 5.59. The van der Waals surface area contributed by atoms with Crippen molar-refractivity contribution in [3.05, 3.63) is 70.0 Å². The molecular formula is C21H18N6O4. The molecule has 0 bridgehead atoms. The third-order valence-corrected chi connectivity index (χ3v) is 4.82. The second kappa shape index (κ2) is 8.64. The van der Waals surface area contributed by atoms with Crippen molar-refractivity contribution in [3.8, 4) is 17.5 Å². The number of nitro groups is 1. The molecule has 0 atom stereocenters. The molecule has 0 unspecified atom stereocenters. The van der Waals surface area contributed by atoms with Gasteiger partial charge in [0.05, 0.1) is 29.4 Å². The van der Waals surface area contributed by atoms with E-state index < -0.39 is 16.4 Å². The molecule has 0 spiro atoms. The van der Waals surface area contributed by atoms with Crippen molar-refractivity contribution >= 4 is 23.3 Å². The van der Waals surface area contributed by atoms with E-state index in [0.29, 0.717) is 43.6 Å². The summed E-state index contributed by atoms with van der Waals surface area (Å²) in [5.41, 5.74) is 1.01. The minimum absolute atomic E-state index is 0.198. The van der Waals surface area contributed by atoms with Crippen LogP contribution >= 0.6 is 0 Å². The first-order valence-corrected chi connectivity index (χ1v) is 9.51. The lowest BCUT2D eigenvalue weighted by Crippen LogP contribution is -2.38. The number of hydrogen-bond acceptors (Lipinski definition) is 8. The molecule has 2 heterocycles. The first kappa shape index (κ1) is 20.1. The number of phenols is 1. The molecule has 3 aromatic rings. The molecule has 156 valence electrons. The SMILES string of the molecule is N#C/C(=C/c1ccc([N+](=O)[O-])c(O)c1)c1nnc(N2CCOCC2)n1-c1ccccc1. The Morgan fingerprint density at radius 1 is 1.19 bits per heavy atom. The maximum Gasteiger partial charge on any atom is 0.310 e. The monoisotopic (exact) mass is 418 g/mol. The van der Waals surface area contributed by atoms with E-state index >= 15 is 0 Å². The van der Waals surface area contributed by atoms with Crippen molar-refractivity contribution in [2.24, 2.45) is 0 Å². The van der Waals surface area contributed by atoms with E-state index in [2.05, 4.69) is 16.3 Å². The summed E-state index contributed by atoms with van der Waals surface area (Å²) < 4.78 is 7.22. The van der Waals surface area contributed by atoms with Gasteiger partial charge in [0.2, 0.25) is 5.95 Å². The number of allylic oxidation sites excluding steroid dienone is 1. The zero-order valence-electron chi connectivity index (χ0n) is 16.4. The van der Waals surface area contributed by atoms with Crippen LogP contribution in [0.25, 0.3) is 17.3 Å². The first-order chi connectivity index (χ1) is 15.1. The highest BCUT2D eigenvalue weighted by Crippen LogP contribution is 2.30. The van der Waals surface area contributed by atoms with Crippen molar-refractivity contribution < 1.29 is 14.8 Å². The van der Waals surface area contributed by atoms with Crippen LogP contribution in [-0.4, -0.2) is 51.1 Å². The number of morpholine rings is 1. The van der Waals surface area contributed by atoms with E-state index in [4.69, 9.17) is 4.74 Å². The number of anilines is 1. The molecule has 10 heteroatoms. The number of hydrogen-bond donors (Lipinski definition) is 1. The second-order valence-corrected chi connectivity index (χ2v) is 6.77. The number of para-hydroxylation sites is 1. The maximum atomic E-state index is 10.9. The van der Waals surface area contributed by atoms with E-state index in [1.807, 2.05) is 35.2 Å². The quantitative estimate of drug-likeness (QED) is 0.380. The van der Waals surface area contributed by atoms with Crippen molar-refractivity contribution in [1.29, 1.82) is 5.26 Å². The Labute approximate surface area is 177 Å². The number of nitro benzene ring substituents is 1. The molecule has 1 fully saturated rings. The third-order valence-electron chi connectivity index (χ3n) is 4.82. The number of nitrogens with zero attached hydrogens (tertiary/aromatic N) is 6. The molecule has 1 aliphatic rings. The van der Waals surface area contributed by atoms with Crippen molar-refractivity contribution in [2.45, 2.75) is 0 Å². The molecule has 10 nitrogen and oxygen atoms in total. The van der Waals surface area contributed by atoms with Crippen LogP contribution < -0.4 is 4.90 Å². The summed E-state index contributed by atoms with van der Waals surface area (Å²) in [6, 6.07) is 15.5. The van der Waals surface area contributed by atoms with Gasteiger partial charge >= 0.3 is 5.69 Å². The Hall–Kier alpha value is -4.23. The highest BCUT2D eigenvalue weighted by Gasteiger charge is 2.23. The fourth-order valence-electron chi connectivity index (χ4n) is 3.33. The van der Waals surface area contributed by atoms with Crippen LogP contribution in [0.1, 0.15) is 11.4 Å². The predicted octanol–water partition coefficient (Wildman–Crippen LogP) is 2.78. The summed E-state index contributed by atoms with van der Waals surface area (Å²) >= 11 is 0. The van der Waals surface area contributed by atoms with E-state index in [-0.39, 0.29) is 5.57 Å². The molecule has 0 amide bonds. The average Bonchev–Trinajstić information content (AvgIpc) is 3.23. The Balaban J connectivity index is 1.81. The molecule has 0 aliphatic carbocycles. The molecule has 31 heavy (non-hydrogen) atoms. The van der Waals surface area contributed by atoms with Crippen LogP contribution in [0.15, 0.2) is 48.5 Å². The summed E-state index contributed by atoms with van der Waals surface area (Å²) in [5, 5.41) is 39.3. The predicted molar refractivity (Wildman–Crippen MR) is 113 cm³/mol. The minimum Gasteiger partial charge on any atom is -0.502 e. The lowest BCUT2D eigenvalue weighted by Gasteiger charge is -2.28. The normalized spacial score (nSPS) is 14.3. The van der Waals surface area contributed by atoms with Gasteiger partial charge in [-0.05, 0) is 35.9 Å². The van der Waals surface area contributed by atoms with Crippen LogP contribution in [0.4, 0.5) is 11.6 Å². The largest absolute Gasteiger partial charge is 0.502 e. The Morgan fingerprint density at radius 3 is 2.58 bits per heavy atom. The lowest BCUT2D eigenvalue weighted by atomic mass is 10.1. The number of phenolic OH excluding ortho intramolecular Hbond substituents is 1. The van der Waals surface area contributed by atoms with Gasteiger partial charge in [0, 0.05) is 19.2 Å². The Morgan fingerprint density at radius 2 is 1.94 bits per heavy atom. The molecule has 4 rings (SSSR count). The van der Waals surface area contributed by atoms with Crippen LogP contribution in [-0.2, 0) is 4.74 Å². The standard InChI is InChI=1S/C21H18N6O4/c22-14-16(12-15-6-7-18(27(29)30)19(28)13-15)20-23-24-21(25-8-10-31-11-9-25)26(20)17-4-2-1-3-5-17/h1-7,12-13,28H,8-11H2/b16-12-. The molecule has 0 radical (unpaired) electrons. The van der Waals surface area contributed by atoms with Gasteiger partial charge in [0.15, 0.2) is 11.6 Å². The molecule has 1 aliphatic heterocycles.